The molecule has 2 rings (SSSR count). The van der Waals surface area contributed by atoms with Crippen molar-refractivity contribution in [1.82, 2.24) is 0 Å². The second-order valence-corrected chi connectivity index (χ2v) is 5.87. The molecule has 0 radical (unpaired) electrons. The lowest BCUT2D eigenvalue weighted by Crippen LogP contribution is -1.94. The van der Waals surface area contributed by atoms with Gasteiger partial charge >= 0.3 is 0 Å². The molecule has 0 fully saturated rings. The third kappa shape index (κ3) is 1.75. The van der Waals surface area contributed by atoms with Gasteiger partial charge in [0.15, 0.2) is 0 Å². The first-order valence-electron chi connectivity index (χ1n) is 4.41. The topological polar surface area (TPSA) is 54.4 Å². The number of hydrogen-bond acceptors (Lipinski definition) is 3. The number of aliphatic hydroxyl groups excluding tert-OH is 1. The third-order valence-corrected chi connectivity index (χ3v) is 4.80. The Labute approximate surface area is 96.5 Å². The summed E-state index contributed by atoms with van der Waals surface area (Å²) in [5, 5.41) is 10.1. The van der Waals surface area contributed by atoms with Crippen LogP contribution in [0.5, 0.6) is 0 Å². The molecule has 0 atom stereocenters. The number of aliphatic hydroxyl groups is 1. The summed E-state index contributed by atoms with van der Waals surface area (Å²) in [4.78, 5) is 0.313. The maximum atomic E-state index is 11.8. The van der Waals surface area contributed by atoms with Crippen molar-refractivity contribution in [3.63, 3.8) is 0 Å². The van der Waals surface area contributed by atoms with Crippen LogP contribution in [0.1, 0.15) is 12.0 Å². The van der Waals surface area contributed by atoms with E-state index in [1.54, 1.807) is 18.2 Å². The molecule has 0 saturated heterocycles. The summed E-state index contributed by atoms with van der Waals surface area (Å²) in [6.07, 6.45) is 0.364. The van der Waals surface area contributed by atoms with Crippen LogP contribution in [0.2, 0.25) is 0 Å². The fourth-order valence-corrected chi connectivity index (χ4v) is 4.30. The molecule has 1 aliphatic heterocycles. The lowest BCUT2D eigenvalue weighted by molar-refractivity contribution is 0.305. The van der Waals surface area contributed by atoms with Crippen molar-refractivity contribution >= 4 is 31.3 Å². The lowest BCUT2D eigenvalue weighted by atomic mass is 10.1. The molecule has 0 amide bonds. The molecule has 0 aromatic heterocycles. The fraction of sp³-hybridized carbons (Fsp3) is 0.200. The minimum atomic E-state index is -3.33. The molecule has 1 heterocycles. The molecule has 0 aliphatic carbocycles. The zero-order valence-electron chi connectivity index (χ0n) is 7.77. The number of benzene rings is 1. The molecule has 0 spiro atoms. The highest BCUT2D eigenvalue weighted by atomic mass is 79.9. The molecular weight excluding hydrogens is 280 g/mol. The van der Waals surface area contributed by atoms with E-state index in [2.05, 4.69) is 15.9 Å². The van der Waals surface area contributed by atoms with Crippen LogP contribution in [0.3, 0.4) is 0 Å². The van der Waals surface area contributed by atoms with Crippen LogP contribution in [0.4, 0.5) is 0 Å². The minimum Gasteiger partial charge on any atom is -0.396 e. The van der Waals surface area contributed by atoms with Gasteiger partial charge in [-0.05, 0) is 39.6 Å². The summed E-state index contributed by atoms with van der Waals surface area (Å²) in [6, 6.07) is 5.24. The zero-order valence-corrected chi connectivity index (χ0v) is 10.2. The summed E-state index contributed by atoms with van der Waals surface area (Å²) in [7, 11) is -3.33. The monoisotopic (exact) mass is 288 g/mol. The molecule has 1 N–H and O–H groups in total. The Bertz CT molecular complexity index is 532. The maximum absolute atomic E-state index is 11.8. The minimum absolute atomic E-state index is 0.0483. The van der Waals surface area contributed by atoms with E-state index in [9.17, 15) is 8.42 Å². The van der Waals surface area contributed by atoms with Crippen LogP contribution < -0.4 is 0 Å². The summed E-state index contributed by atoms with van der Waals surface area (Å²) in [5.41, 5.74) is 1.37. The maximum Gasteiger partial charge on any atom is 0.201 e. The van der Waals surface area contributed by atoms with E-state index in [0.717, 1.165) is 0 Å². The Hall–Kier alpha value is -0.650. The quantitative estimate of drug-likeness (QED) is 0.905. The van der Waals surface area contributed by atoms with Gasteiger partial charge in [0.25, 0.3) is 0 Å². The van der Waals surface area contributed by atoms with Gasteiger partial charge in [-0.3, -0.25) is 0 Å². The Morgan fingerprint density at radius 3 is 2.73 bits per heavy atom. The van der Waals surface area contributed by atoms with Crippen molar-refractivity contribution < 1.29 is 13.5 Å². The molecule has 1 aromatic carbocycles. The standard InChI is InChI=1S/C10H9BrO3S/c11-9-3-1-2-8-7(4-5-12)6-15(13,14)10(8)9/h1-3,6,12H,4-5H2. The van der Waals surface area contributed by atoms with Gasteiger partial charge in [-0.1, -0.05) is 12.1 Å². The van der Waals surface area contributed by atoms with Crippen LogP contribution in [0.25, 0.3) is 5.57 Å². The normalized spacial score (nSPS) is 17.3. The highest BCUT2D eigenvalue weighted by Gasteiger charge is 2.28. The van der Waals surface area contributed by atoms with Crippen LogP contribution in [0, 0.1) is 0 Å². The van der Waals surface area contributed by atoms with Crippen LogP contribution in [0.15, 0.2) is 33.0 Å². The Morgan fingerprint density at radius 1 is 1.33 bits per heavy atom. The first kappa shape index (κ1) is 10.9. The molecule has 1 aliphatic rings. The van der Waals surface area contributed by atoms with E-state index < -0.39 is 9.84 Å². The van der Waals surface area contributed by atoms with Gasteiger partial charge in [0, 0.05) is 16.5 Å². The van der Waals surface area contributed by atoms with Crippen molar-refractivity contribution in [1.29, 1.82) is 0 Å². The van der Waals surface area contributed by atoms with Crippen molar-refractivity contribution in [2.45, 2.75) is 11.3 Å². The zero-order chi connectivity index (χ0) is 11.1. The molecule has 1 aromatic rings. The van der Waals surface area contributed by atoms with Crippen molar-refractivity contribution in [3.8, 4) is 0 Å². The average Bonchev–Trinajstić information content (AvgIpc) is 2.40. The predicted octanol–water partition coefficient (Wildman–Crippen LogP) is 1.96. The molecule has 0 unspecified atom stereocenters. The van der Waals surface area contributed by atoms with E-state index >= 15 is 0 Å². The number of hydrogen-bond donors (Lipinski definition) is 1. The Morgan fingerprint density at radius 2 is 2.07 bits per heavy atom. The van der Waals surface area contributed by atoms with E-state index in [1.807, 2.05) is 0 Å². The summed E-state index contributed by atoms with van der Waals surface area (Å²) >= 11 is 3.23. The van der Waals surface area contributed by atoms with Gasteiger partial charge in [-0.15, -0.1) is 0 Å². The van der Waals surface area contributed by atoms with E-state index in [4.69, 9.17) is 5.11 Å². The smallest absolute Gasteiger partial charge is 0.201 e. The summed E-state index contributed by atoms with van der Waals surface area (Å²) < 4.78 is 24.1. The van der Waals surface area contributed by atoms with Gasteiger partial charge in [-0.2, -0.15) is 0 Å². The number of fused-ring (bicyclic) bond motifs is 1. The highest BCUT2D eigenvalue weighted by Crippen LogP contribution is 2.39. The van der Waals surface area contributed by atoms with Gasteiger partial charge in [0.05, 0.1) is 4.90 Å². The van der Waals surface area contributed by atoms with Crippen molar-refractivity contribution in [3.05, 3.63) is 33.6 Å². The van der Waals surface area contributed by atoms with Crippen molar-refractivity contribution in [2.24, 2.45) is 0 Å². The van der Waals surface area contributed by atoms with Crippen molar-refractivity contribution in [2.75, 3.05) is 6.61 Å². The van der Waals surface area contributed by atoms with Gasteiger partial charge < -0.3 is 5.11 Å². The lowest BCUT2D eigenvalue weighted by Gasteiger charge is -2.03. The highest BCUT2D eigenvalue weighted by molar-refractivity contribution is 9.10. The van der Waals surface area contributed by atoms with Crippen LogP contribution in [-0.4, -0.2) is 20.1 Å². The molecule has 0 saturated carbocycles. The van der Waals surface area contributed by atoms with Gasteiger partial charge in [-0.25, -0.2) is 8.42 Å². The number of halogens is 1. The van der Waals surface area contributed by atoms with Gasteiger partial charge in [0.1, 0.15) is 0 Å². The molecule has 15 heavy (non-hydrogen) atoms. The predicted molar refractivity (Wildman–Crippen MR) is 61.0 cm³/mol. The first-order chi connectivity index (χ1) is 7.06. The fourth-order valence-electron chi connectivity index (χ4n) is 1.67. The second-order valence-electron chi connectivity index (χ2n) is 3.28. The molecule has 3 nitrogen and oxygen atoms in total. The Kier molecular flexibility index (Phi) is 2.70. The molecular formula is C10H9BrO3S. The number of sulfone groups is 1. The molecule has 80 valence electrons. The average molecular weight is 289 g/mol. The van der Waals surface area contributed by atoms with Crippen LogP contribution >= 0.6 is 15.9 Å². The third-order valence-electron chi connectivity index (χ3n) is 2.28. The Balaban J connectivity index is 2.68. The summed E-state index contributed by atoms with van der Waals surface area (Å²) in [6.45, 7) is -0.0483. The number of rotatable bonds is 2. The van der Waals surface area contributed by atoms with E-state index in [-0.39, 0.29) is 6.61 Å². The SMILES string of the molecule is O=S1(=O)C=C(CCO)c2cccc(Br)c21. The van der Waals surface area contributed by atoms with Gasteiger partial charge in [0.2, 0.25) is 9.84 Å². The second kappa shape index (κ2) is 3.73. The first-order valence-corrected chi connectivity index (χ1v) is 6.75. The van der Waals surface area contributed by atoms with Crippen LogP contribution in [-0.2, 0) is 9.84 Å². The largest absolute Gasteiger partial charge is 0.396 e. The van der Waals surface area contributed by atoms with E-state index in [1.165, 1.54) is 5.41 Å². The summed E-state index contributed by atoms with van der Waals surface area (Å²) in [5.74, 6) is 0. The van der Waals surface area contributed by atoms with E-state index in [0.29, 0.717) is 26.9 Å². The molecule has 5 heteroatoms. The molecule has 0 bridgehead atoms.